The van der Waals surface area contributed by atoms with Gasteiger partial charge < -0.3 is 15.4 Å². The molecule has 2 N–H and O–H groups in total. The summed E-state index contributed by atoms with van der Waals surface area (Å²) >= 11 is 0. The zero-order valence-corrected chi connectivity index (χ0v) is 15.0. The highest BCUT2D eigenvalue weighted by molar-refractivity contribution is 7.86. The molecule has 0 heterocycles. The number of hydrogen-bond donors (Lipinski definition) is 2. The Morgan fingerprint density at radius 1 is 1.17 bits per heavy atom. The average molecular weight is 350 g/mol. The van der Waals surface area contributed by atoms with E-state index < -0.39 is 34.0 Å². The summed E-state index contributed by atoms with van der Waals surface area (Å²) in [6.07, 6.45) is 0.722. The van der Waals surface area contributed by atoms with Gasteiger partial charge in [0.25, 0.3) is 10.1 Å². The molecule has 1 aliphatic rings. The highest BCUT2D eigenvalue weighted by Crippen LogP contribution is 2.28. The Morgan fingerprint density at radius 3 is 2.26 bits per heavy atom. The van der Waals surface area contributed by atoms with Crippen molar-refractivity contribution < 1.29 is 26.9 Å². The molecule has 0 spiro atoms. The van der Waals surface area contributed by atoms with Crippen molar-refractivity contribution in [1.29, 1.82) is 0 Å². The summed E-state index contributed by atoms with van der Waals surface area (Å²) in [7, 11) is -2.12. The van der Waals surface area contributed by atoms with Crippen LogP contribution in [-0.4, -0.2) is 51.5 Å². The molecule has 134 valence electrons. The fourth-order valence-electron chi connectivity index (χ4n) is 2.54. The maximum absolute atomic E-state index is 11.9. The van der Waals surface area contributed by atoms with E-state index in [1.165, 1.54) is 7.05 Å². The van der Waals surface area contributed by atoms with E-state index in [0.29, 0.717) is 19.3 Å². The molecule has 1 aliphatic carbocycles. The van der Waals surface area contributed by atoms with Gasteiger partial charge in [-0.15, -0.1) is 0 Å². The lowest BCUT2D eigenvalue weighted by molar-refractivity contribution is -0.126. The van der Waals surface area contributed by atoms with Crippen LogP contribution >= 0.6 is 0 Å². The fourth-order valence-corrected chi connectivity index (χ4v) is 3.21. The monoisotopic (exact) mass is 350 g/mol. The third-order valence-electron chi connectivity index (χ3n) is 3.40. The molecule has 3 atom stereocenters. The van der Waals surface area contributed by atoms with Crippen LogP contribution in [0, 0.1) is 5.92 Å². The van der Waals surface area contributed by atoms with Gasteiger partial charge >= 0.3 is 6.09 Å². The minimum Gasteiger partial charge on any atom is -0.444 e. The lowest BCUT2D eigenvalue weighted by Gasteiger charge is -2.35. The first-order valence-corrected chi connectivity index (χ1v) is 9.32. The number of carbonyl (C=O) groups is 2. The molecule has 1 fully saturated rings. The van der Waals surface area contributed by atoms with Crippen LogP contribution in [0.2, 0.25) is 0 Å². The molecule has 0 bridgehead atoms. The van der Waals surface area contributed by atoms with E-state index in [-0.39, 0.29) is 11.8 Å². The Balaban J connectivity index is 2.82. The van der Waals surface area contributed by atoms with Crippen LogP contribution in [0.15, 0.2) is 0 Å². The molecule has 1 rings (SSSR count). The third-order valence-corrected chi connectivity index (χ3v) is 4.00. The minimum absolute atomic E-state index is 0.140. The molecule has 2 amide bonds. The van der Waals surface area contributed by atoms with E-state index in [9.17, 15) is 18.0 Å². The Bertz CT molecular complexity index is 540. The van der Waals surface area contributed by atoms with Crippen molar-refractivity contribution in [1.82, 2.24) is 10.6 Å². The van der Waals surface area contributed by atoms with Gasteiger partial charge in [0, 0.05) is 13.0 Å². The van der Waals surface area contributed by atoms with Crippen LogP contribution in [0.5, 0.6) is 0 Å². The summed E-state index contributed by atoms with van der Waals surface area (Å²) in [4.78, 5) is 23.8. The van der Waals surface area contributed by atoms with Gasteiger partial charge in [-0.1, -0.05) is 0 Å². The lowest BCUT2D eigenvalue weighted by atomic mass is 9.83. The first-order chi connectivity index (χ1) is 10.4. The van der Waals surface area contributed by atoms with Gasteiger partial charge in [0.2, 0.25) is 5.91 Å². The van der Waals surface area contributed by atoms with Crippen molar-refractivity contribution in [3.63, 3.8) is 0 Å². The SMILES string of the molecule is CNC(=O)[C@H]1CC[C@@H](OS(C)(=O)=O)[C@H](NC(=O)OC(C)(C)C)C1. The second-order valence-corrected chi connectivity index (χ2v) is 8.32. The van der Waals surface area contributed by atoms with Gasteiger partial charge in [-0.3, -0.25) is 8.98 Å². The highest BCUT2D eigenvalue weighted by atomic mass is 32.2. The number of alkyl carbamates (subject to hydrolysis) is 1. The molecule has 8 nitrogen and oxygen atoms in total. The van der Waals surface area contributed by atoms with Gasteiger partial charge in [0.05, 0.1) is 18.4 Å². The Kier molecular flexibility index (Phi) is 6.41. The van der Waals surface area contributed by atoms with Crippen molar-refractivity contribution in [2.24, 2.45) is 5.92 Å². The van der Waals surface area contributed by atoms with Crippen molar-refractivity contribution in [2.75, 3.05) is 13.3 Å². The summed E-state index contributed by atoms with van der Waals surface area (Å²) in [5.41, 5.74) is -0.674. The van der Waals surface area contributed by atoms with Crippen LogP contribution in [0.25, 0.3) is 0 Å². The Labute approximate surface area is 137 Å². The number of nitrogens with one attached hydrogen (secondary N) is 2. The van der Waals surface area contributed by atoms with Crippen molar-refractivity contribution in [2.45, 2.75) is 57.8 Å². The number of ether oxygens (including phenoxy) is 1. The molecule has 23 heavy (non-hydrogen) atoms. The van der Waals surface area contributed by atoms with Crippen molar-refractivity contribution in [3.8, 4) is 0 Å². The Hall–Kier alpha value is -1.35. The van der Waals surface area contributed by atoms with Crippen LogP contribution in [0.1, 0.15) is 40.0 Å². The first-order valence-electron chi connectivity index (χ1n) is 7.50. The van der Waals surface area contributed by atoms with Gasteiger partial charge in [0.1, 0.15) is 5.60 Å². The number of rotatable bonds is 4. The summed E-state index contributed by atoms with van der Waals surface area (Å²) < 4.78 is 33.0. The molecule has 0 aromatic heterocycles. The molecule has 9 heteroatoms. The van der Waals surface area contributed by atoms with Gasteiger partial charge in [-0.2, -0.15) is 8.42 Å². The minimum atomic E-state index is -3.66. The quantitative estimate of drug-likeness (QED) is 0.725. The standard InChI is InChI=1S/C14H26N2O6S/c1-14(2,3)21-13(18)16-10-8-9(12(17)15-4)6-7-11(10)22-23(5,19)20/h9-11H,6-8H2,1-5H3,(H,15,17)(H,16,18)/t9-,10+,11+/m0/s1. The first kappa shape index (κ1) is 19.7. The molecule has 0 radical (unpaired) electrons. The zero-order valence-electron chi connectivity index (χ0n) is 14.2. The summed E-state index contributed by atoms with van der Waals surface area (Å²) in [6.45, 7) is 5.18. The molecule has 0 aliphatic heterocycles. The maximum atomic E-state index is 11.9. The van der Waals surface area contributed by atoms with Crippen LogP contribution in [-0.2, 0) is 23.8 Å². The van der Waals surface area contributed by atoms with E-state index in [2.05, 4.69) is 10.6 Å². The molecular weight excluding hydrogens is 324 g/mol. The van der Waals surface area contributed by atoms with Gasteiger partial charge in [-0.25, -0.2) is 4.79 Å². The zero-order chi connectivity index (χ0) is 17.8. The van der Waals surface area contributed by atoms with Crippen molar-refractivity contribution >= 4 is 22.1 Å². The molecule has 1 saturated carbocycles. The third kappa shape index (κ3) is 7.17. The van der Waals surface area contributed by atoms with Gasteiger partial charge in [0.15, 0.2) is 0 Å². The topological polar surface area (TPSA) is 111 Å². The smallest absolute Gasteiger partial charge is 0.407 e. The predicted molar refractivity (Wildman–Crippen MR) is 84.3 cm³/mol. The average Bonchev–Trinajstić information content (AvgIpc) is 2.36. The number of carbonyl (C=O) groups excluding carboxylic acids is 2. The van der Waals surface area contributed by atoms with E-state index in [1.807, 2.05) is 0 Å². The maximum Gasteiger partial charge on any atom is 0.407 e. The molecule has 0 aromatic rings. The van der Waals surface area contributed by atoms with Crippen LogP contribution in [0.4, 0.5) is 4.79 Å². The molecule has 0 saturated heterocycles. The second kappa shape index (κ2) is 7.48. The van der Waals surface area contributed by atoms with E-state index in [1.54, 1.807) is 20.8 Å². The molecule has 0 unspecified atom stereocenters. The van der Waals surface area contributed by atoms with E-state index in [4.69, 9.17) is 8.92 Å². The molecular formula is C14H26N2O6S. The summed E-state index contributed by atoms with van der Waals surface area (Å²) in [6, 6.07) is -0.615. The summed E-state index contributed by atoms with van der Waals surface area (Å²) in [5, 5.41) is 5.19. The van der Waals surface area contributed by atoms with Crippen molar-refractivity contribution in [3.05, 3.63) is 0 Å². The Morgan fingerprint density at radius 2 is 1.78 bits per heavy atom. The van der Waals surface area contributed by atoms with Gasteiger partial charge in [-0.05, 0) is 40.0 Å². The number of amides is 2. The second-order valence-electron chi connectivity index (χ2n) is 6.72. The van der Waals surface area contributed by atoms with E-state index in [0.717, 1.165) is 6.26 Å². The highest BCUT2D eigenvalue weighted by Gasteiger charge is 2.37. The number of hydrogen-bond acceptors (Lipinski definition) is 6. The largest absolute Gasteiger partial charge is 0.444 e. The van der Waals surface area contributed by atoms with Crippen LogP contribution in [0.3, 0.4) is 0 Å². The fraction of sp³-hybridized carbons (Fsp3) is 0.857. The van der Waals surface area contributed by atoms with Crippen LogP contribution < -0.4 is 10.6 Å². The molecule has 0 aromatic carbocycles. The lowest BCUT2D eigenvalue weighted by Crippen LogP contribution is -2.51. The predicted octanol–water partition coefficient (Wildman–Crippen LogP) is 0.771. The summed E-state index contributed by atoms with van der Waals surface area (Å²) in [5.74, 6) is -0.446. The van der Waals surface area contributed by atoms with E-state index >= 15 is 0 Å². The normalized spacial score (nSPS) is 25.5.